The second-order valence-corrected chi connectivity index (χ2v) is 6.72. The predicted octanol–water partition coefficient (Wildman–Crippen LogP) is 0.419. The molecule has 3 nitrogen and oxygen atoms in total. The Morgan fingerprint density at radius 1 is 1.33 bits per heavy atom. The lowest BCUT2D eigenvalue weighted by molar-refractivity contribution is 0.286. The second kappa shape index (κ2) is 3.00. The van der Waals surface area contributed by atoms with Crippen molar-refractivity contribution in [3.8, 4) is 0 Å². The summed E-state index contributed by atoms with van der Waals surface area (Å²) in [7, 11) is -2.78. The summed E-state index contributed by atoms with van der Waals surface area (Å²) >= 11 is 0. The lowest BCUT2D eigenvalue weighted by Crippen LogP contribution is -2.51. The van der Waals surface area contributed by atoms with Crippen molar-refractivity contribution >= 4 is 9.84 Å². The molecule has 0 aliphatic carbocycles. The standard InChI is InChI=1S/C8H17NO2S/c1-8(2,3)7-6-12(10,11)5-4-9-7/h7,9H,4-6H2,1-3H3/t7-/m1/s1. The molecule has 1 aliphatic heterocycles. The zero-order chi connectivity index (χ0) is 9.41. The molecule has 1 rings (SSSR count). The van der Waals surface area contributed by atoms with Gasteiger partial charge in [-0.15, -0.1) is 0 Å². The molecule has 1 heterocycles. The summed E-state index contributed by atoms with van der Waals surface area (Å²) < 4.78 is 22.5. The third kappa shape index (κ3) is 2.45. The summed E-state index contributed by atoms with van der Waals surface area (Å²) in [6.07, 6.45) is 0. The summed E-state index contributed by atoms with van der Waals surface area (Å²) in [5.74, 6) is 0.579. The quantitative estimate of drug-likeness (QED) is 0.603. The van der Waals surface area contributed by atoms with Gasteiger partial charge in [0.25, 0.3) is 0 Å². The number of hydrogen-bond acceptors (Lipinski definition) is 3. The number of nitrogens with one attached hydrogen (secondary N) is 1. The predicted molar refractivity (Wildman–Crippen MR) is 49.9 cm³/mol. The number of rotatable bonds is 0. The first-order valence-corrected chi connectivity index (χ1v) is 6.07. The van der Waals surface area contributed by atoms with Gasteiger partial charge in [0.2, 0.25) is 0 Å². The first-order chi connectivity index (χ1) is 5.31. The van der Waals surface area contributed by atoms with Crippen molar-refractivity contribution in [1.82, 2.24) is 5.32 Å². The van der Waals surface area contributed by atoms with Gasteiger partial charge in [0, 0.05) is 12.6 Å². The first-order valence-electron chi connectivity index (χ1n) is 4.25. The van der Waals surface area contributed by atoms with Crippen LogP contribution in [0.5, 0.6) is 0 Å². The molecule has 1 aliphatic rings. The van der Waals surface area contributed by atoms with Gasteiger partial charge in [-0.3, -0.25) is 0 Å². The van der Waals surface area contributed by atoms with Crippen LogP contribution in [0.2, 0.25) is 0 Å². The normalized spacial score (nSPS) is 30.1. The Kier molecular flexibility index (Phi) is 2.50. The highest BCUT2D eigenvalue weighted by Crippen LogP contribution is 2.22. The summed E-state index contributed by atoms with van der Waals surface area (Å²) in [4.78, 5) is 0. The van der Waals surface area contributed by atoms with Gasteiger partial charge >= 0.3 is 0 Å². The lowest BCUT2D eigenvalue weighted by atomic mass is 9.88. The minimum atomic E-state index is -2.78. The molecule has 1 N–H and O–H groups in total. The van der Waals surface area contributed by atoms with Gasteiger partial charge < -0.3 is 5.32 Å². The van der Waals surface area contributed by atoms with Crippen LogP contribution in [0.4, 0.5) is 0 Å². The molecule has 0 spiro atoms. The molecule has 0 bridgehead atoms. The van der Waals surface area contributed by atoms with Crippen LogP contribution >= 0.6 is 0 Å². The van der Waals surface area contributed by atoms with Crippen molar-refractivity contribution in [2.45, 2.75) is 26.8 Å². The fourth-order valence-corrected chi connectivity index (χ4v) is 3.06. The molecule has 72 valence electrons. The first kappa shape index (κ1) is 9.99. The van der Waals surface area contributed by atoms with E-state index in [1.165, 1.54) is 0 Å². The Labute approximate surface area is 74.5 Å². The Bertz CT molecular complexity index is 251. The van der Waals surface area contributed by atoms with E-state index in [1.807, 2.05) is 0 Å². The fraction of sp³-hybridized carbons (Fsp3) is 1.00. The maximum atomic E-state index is 11.3. The zero-order valence-electron chi connectivity index (χ0n) is 7.92. The Morgan fingerprint density at radius 2 is 1.92 bits per heavy atom. The Hall–Kier alpha value is -0.0900. The molecule has 4 heteroatoms. The van der Waals surface area contributed by atoms with Gasteiger partial charge in [-0.05, 0) is 5.41 Å². The van der Waals surface area contributed by atoms with Crippen molar-refractivity contribution < 1.29 is 8.42 Å². The van der Waals surface area contributed by atoms with E-state index in [0.29, 0.717) is 12.3 Å². The van der Waals surface area contributed by atoms with E-state index >= 15 is 0 Å². The van der Waals surface area contributed by atoms with Crippen molar-refractivity contribution in [1.29, 1.82) is 0 Å². The van der Waals surface area contributed by atoms with E-state index in [1.54, 1.807) is 0 Å². The molecule has 0 unspecified atom stereocenters. The minimum absolute atomic E-state index is 0.0352. The Morgan fingerprint density at radius 3 is 2.25 bits per heavy atom. The van der Waals surface area contributed by atoms with Gasteiger partial charge in [-0.2, -0.15) is 0 Å². The highest BCUT2D eigenvalue weighted by molar-refractivity contribution is 7.91. The molecule has 1 fully saturated rings. The van der Waals surface area contributed by atoms with Gasteiger partial charge in [0.1, 0.15) is 0 Å². The zero-order valence-corrected chi connectivity index (χ0v) is 8.74. The average Bonchev–Trinajstić information content (AvgIpc) is 1.83. The molecule has 1 saturated heterocycles. The number of sulfone groups is 1. The molecule has 0 aromatic carbocycles. The smallest absolute Gasteiger partial charge is 0.153 e. The molecule has 0 radical (unpaired) electrons. The molecule has 0 saturated carbocycles. The van der Waals surface area contributed by atoms with Gasteiger partial charge in [0.15, 0.2) is 9.84 Å². The van der Waals surface area contributed by atoms with Crippen LogP contribution in [-0.4, -0.2) is 32.5 Å². The minimum Gasteiger partial charge on any atom is -0.311 e. The van der Waals surface area contributed by atoms with Gasteiger partial charge in [-0.1, -0.05) is 20.8 Å². The second-order valence-electron chi connectivity index (χ2n) is 4.49. The van der Waals surface area contributed by atoms with Crippen LogP contribution in [0.3, 0.4) is 0 Å². The van der Waals surface area contributed by atoms with Crippen LogP contribution < -0.4 is 5.32 Å². The molecule has 0 aromatic heterocycles. The Balaban J connectivity index is 2.71. The summed E-state index contributed by atoms with van der Waals surface area (Å²) in [6.45, 7) is 6.78. The van der Waals surface area contributed by atoms with E-state index in [2.05, 4.69) is 26.1 Å². The third-order valence-corrected chi connectivity index (χ3v) is 3.94. The van der Waals surface area contributed by atoms with E-state index in [0.717, 1.165) is 0 Å². The van der Waals surface area contributed by atoms with E-state index < -0.39 is 9.84 Å². The van der Waals surface area contributed by atoms with E-state index in [-0.39, 0.29) is 17.2 Å². The largest absolute Gasteiger partial charge is 0.311 e. The maximum absolute atomic E-state index is 11.3. The molecular weight excluding hydrogens is 174 g/mol. The van der Waals surface area contributed by atoms with Crippen LogP contribution in [0.1, 0.15) is 20.8 Å². The van der Waals surface area contributed by atoms with Crippen LogP contribution in [0, 0.1) is 5.41 Å². The monoisotopic (exact) mass is 191 g/mol. The van der Waals surface area contributed by atoms with Crippen molar-refractivity contribution in [3.05, 3.63) is 0 Å². The fourth-order valence-electron chi connectivity index (χ4n) is 1.34. The SMILES string of the molecule is CC(C)(C)[C@H]1CS(=O)(=O)CCN1. The lowest BCUT2D eigenvalue weighted by Gasteiger charge is -2.34. The molecule has 0 amide bonds. The molecule has 12 heavy (non-hydrogen) atoms. The highest BCUT2D eigenvalue weighted by Gasteiger charge is 2.32. The summed E-state index contributed by atoms with van der Waals surface area (Å²) in [5, 5.41) is 3.24. The number of hydrogen-bond donors (Lipinski definition) is 1. The van der Waals surface area contributed by atoms with E-state index in [9.17, 15) is 8.42 Å². The molecule has 1 atom stereocenters. The topological polar surface area (TPSA) is 46.2 Å². The highest BCUT2D eigenvalue weighted by atomic mass is 32.2. The third-order valence-electron chi connectivity index (χ3n) is 2.27. The van der Waals surface area contributed by atoms with E-state index in [4.69, 9.17) is 0 Å². The van der Waals surface area contributed by atoms with Crippen molar-refractivity contribution in [2.75, 3.05) is 18.1 Å². The molecular formula is C8H17NO2S. The summed E-state index contributed by atoms with van der Waals surface area (Å²) in [6, 6.07) is 0.108. The van der Waals surface area contributed by atoms with Crippen molar-refractivity contribution in [3.63, 3.8) is 0 Å². The van der Waals surface area contributed by atoms with Gasteiger partial charge in [0.05, 0.1) is 11.5 Å². The average molecular weight is 191 g/mol. The van der Waals surface area contributed by atoms with Crippen LogP contribution in [0.25, 0.3) is 0 Å². The van der Waals surface area contributed by atoms with Crippen LogP contribution in [0.15, 0.2) is 0 Å². The molecule has 0 aromatic rings. The summed E-state index contributed by atoms with van der Waals surface area (Å²) in [5.41, 5.74) is 0.0352. The van der Waals surface area contributed by atoms with Crippen LogP contribution in [-0.2, 0) is 9.84 Å². The van der Waals surface area contributed by atoms with Gasteiger partial charge in [-0.25, -0.2) is 8.42 Å². The van der Waals surface area contributed by atoms with Crippen molar-refractivity contribution in [2.24, 2.45) is 5.41 Å². The maximum Gasteiger partial charge on any atom is 0.153 e.